The minimum atomic E-state index is -0.483. The van der Waals surface area contributed by atoms with E-state index in [0.29, 0.717) is 11.5 Å². The molecule has 1 saturated heterocycles. The van der Waals surface area contributed by atoms with Crippen molar-refractivity contribution in [2.75, 3.05) is 18.8 Å². The lowest BCUT2D eigenvalue weighted by Crippen LogP contribution is -2.38. The molecule has 120 valence electrons. The maximum atomic E-state index is 13.2. The Balaban J connectivity index is 1.58. The third kappa shape index (κ3) is 3.70. The fourth-order valence-corrected chi connectivity index (χ4v) is 3.15. The molecule has 0 aliphatic carbocycles. The predicted octanol–water partition coefficient (Wildman–Crippen LogP) is 3.50. The van der Waals surface area contributed by atoms with E-state index in [1.807, 2.05) is 11.0 Å². The first kappa shape index (κ1) is 15.5. The maximum Gasteiger partial charge on any atom is 0.253 e. The molecule has 0 bridgehead atoms. The van der Waals surface area contributed by atoms with Crippen molar-refractivity contribution in [3.05, 3.63) is 65.5 Å². The molecule has 1 amide bonds. The molecule has 1 aliphatic rings. The highest BCUT2D eigenvalue weighted by atomic mass is 19.1. The zero-order valence-electron chi connectivity index (χ0n) is 13.0. The summed E-state index contributed by atoms with van der Waals surface area (Å²) in [5, 5.41) is 0. The number of rotatable bonds is 3. The van der Waals surface area contributed by atoms with Gasteiger partial charge in [-0.15, -0.1) is 0 Å². The molecule has 0 radical (unpaired) electrons. The number of carbonyl (C=O) groups is 1. The van der Waals surface area contributed by atoms with E-state index in [1.165, 1.54) is 23.8 Å². The first-order valence-corrected chi connectivity index (χ1v) is 8.01. The fraction of sp³-hybridized carbons (Fsp3) is 0.316. The molecule has 0 aromatic heterocycles. The van der Waals surface area contributed by atoms with Gasteiger partial charge in [-0.25, -0.2) is 4.39 Å². The van der Waals surface area contributed by atoms with Crippen LogP contribution in [0.3, 0.4) is 0 Å². The van der Waals surface area contributed by atoms with Gasteiger partial charge in [0.05, 0.1) is 5.69 Å². The summed E-state index contributed by atoms with van der Waals surface area (Å²) in [5.74, 6) is 0.0673. The average molecular weight is 312 g/mol. The van der Waals surface area contributed by atoms with Gasteiger partial charge in [0.1, 0.15) is 5.82 Å². The van der Waals surface area contributed by atoms with E-state index < -0.39 is 5.82 Å². The van der Waals surface area contributed by atoms with Gasteiger partial charge in [-0.05, 0) is 48.9 Å². The van der Waals surface area contributed by atoms with Crippen LogP contribution in [0.4, 0.5) is 10.1 Å². The Labute approximate surface area is 135 Å². The van der Waals surface area contributed by atoms with Crippen molar-refractivity contribution >= 4 is 11.6 Å². The molecule has 1 aliphatic heterocycles. The van der Waals surface area contributed by atoms with Gasteiger partial charge in [-0.3, -0.25) is 4.79 Å². The number of hydrogen-bond donors (Lipinski definition) is 1. The molecule has 2 N–H and O–H groups in total. The van der Waals surface area contributed by atoms with Crippen LogP contribution in [0.25, 0.3) is 0 Å². The largest absolute Gasteiger partial charge is 0.396 e. The van der Waals surface area contributed by atoms with Gasteiger partial charge in [-0.1, -0.05) is 30.3 Å². The molecule has 3 nitrogen and oxygen atoms in total. The molecule has 23 heavy (non-hydrogen) atoms. The standard InChI is InChI=1S/C19H21FN2O/c20-17-7-6-16(13-18(17)21)19(23)22-10-8-15(9-11-22)12-14-4-2-1-3-5-14/h1-7,13,15H,8-12,21H2. The number of piperidine rings is 1. The van der Waals surface area contributed by atoms with E-state index in [-0.39, 0.29) is 11.6 Å². The fourth-order valence-electron chi connectivity index (χ4n) is 3.15. The zero-order valence-corrected chi connectivity index (χ0v) is 13.0. The second-order valence-electron chi connectivity index (χ2n) is 6.16. The summed E-state index contributed by atoms with van der Waals surface area (Å²) in [6.45, 7) is 1.49. The van der Waals surface area contributed by atoms with E-state index in [0.717, 1.165) is 32.4 Å². The van der Waals surface area contributed by atoms with Gasteiger partial charge in [0.25, 0.3) is 5.91 Å². The third-order valence-electron chi connectivity index (χ3n) is 4.51. The van der Waals surface area contributed by atoms with E-state index in [9.17, 15) is 9.18 Å². The van der Waals surface area contributed by atoms with Gasteiger partial charge < -0.3 is 10.6 Å². The number of halogens is 1. The molecule has 2 aromatic carbocycles. The Bertz CT molecular complexity index is 679. The van der Waals surface area contributed by atoms with Crippen molar-refractivity contribution in [1.29, 1.82) is 0 Å². The molecule has 3 rings (SSSR count). The Hall–Kier alpha value is -2.36. The number of amides is 1. The van der Waals surface area contributed by atoms with Crippen LogP contribution in [0.2, 0.25) is 0 Å². The highest BCUT2D eigenvalue weighted by Gasteiger charge is 2.24. The topological polar surface area (TPSA) is 46.3 Å². The number of nitrogen functional groups attached to an aromatic ring is 1. The summed E-state index contributed by atoms with van der Waals surface area (Å²) in [6.07, 6.45) is 3.06. The number of benzene rings is 2. The first-order valence-electron chi connectivity index (χ1n) is 8.01. The normalized spacial score (nSPS) is 15.6. The minimum Gasteiger partial charge on any atom is -0.396 e. The Kier molecular flexibility index (Phi) is 4.60. The van der Waals surface area contributed by atoms with Crippen LogP contribution in [-0.2, 0) is 6.42 Å². The minimum absolute atomic E-state index is 0.0230. The van der Waals surface area contributed by atoms with Crippen LogP contribution < -0.4 is 5.73 Å². The number of hydrogen-bond acceptors (Lipinski definition) is 2. The predicted molar refractivity (Wildman–Crippen MR) is 89.6 cm³/mol. The Morgan fingerprint density at radius 3 is 2.48 bits per heavy atom. The van der Waals surface area contributed by atoms with Crippen molar-refractivity contribution in [3.63, 3.8) is 0 Å². The second kappa shape index (κ2) is 6.82. The summed E-state index contributed by atoms with van der Waals surface area (Å²) in [5.41, 5.74) is 7.39. The van der Waals surface area contributed by atoms with Crippen LogP contribution in [0, 0.1) is 11.7 Å². The summed E-state index contributed by atoms with van der Waals surface area (Å²) in [7, 11) is 0. The Morgan fingerprint density at radius 2 is 1.83 bits per heavy atom. The highest BCUT2D eigenvalue weighted by molar-refractivity contribution is 5.95. The number of nitrogens with two attached hydrogens (primary N) is 1. The molecule has 0 saturated carbocycles. The monoisotopic (exact) mass is 312 g/mol. The number of anilines is 1. The van der Waals surface area contributed by atoms with Crippen molar-refractivity contribution in [2.45, 2.75) is 19.3 Å². The molecular formula is C19H21FN2O. The summed E-state index contributed by atoms with van der Waals surface area (Å²) >= 11 is 0. The lowest BCUT2D eigenvalue weighted by molar-refractivity contribution is 0.0690. The van der Waals surface area contributed by atoms with Crippen molar-refractivity contribution in [2.24, 2.45) is 5.92 Å². The SMILES string of the molecule is Nc1cc(C(=O)N2CCC(Cc3ccccc3)CC2)ccc1F. The van der Waals surface area contributed by atoms with Crippen LogP contribution in [0.1, 0.15) is 28.8 Å². The third-order valence-corrected chi connectivity index (χ3v) is 4.51. The smallest absolute Gasteiger partial charge is 0.253 e. The lowest BCUT2D eigenvalue weighted by atomic mass is 9.90. The summed E-state index contributed by atoms with van der Waals surface area (Å²) < 4.78 is 13.2. The molecule has 0 spiro atoms. The van der Waals surface area contributed by atoms with E-state index >= 15 is 0 Å². The van der Waals surface area contributed by atoms with Gasteiger partial charge in [0.2, 0.25) is 0 Å². The molecule has 0 atom stereocenters. The molecule has 1 heterocycles. The van der Waals surface area contributed by atoms with E-state index in [4.69, 9.17) is 5.73 Å². The van der Waals surface area contributed by atoms with Crippen molar-refractivity contribution in [1.82, 2.24) is 4.90 Å². The number of likely N-dealkylation sites (tertiary alicyclic amines) is 1. The van der Waals surface area contributed by atoms with E-state index in [2.05, 4.69) is 24.3 Å². The van der Waals surface area contributed by atoms with Crippen LogP contribution in [0.15, 0.2) is 48.5 Å². The quantitative estimate of drug-likeness (QED) is 0.882. The van der Waals surface area contributed by atoms with Crippen LogP contribution in [0.5, 0.6) is 0 Å². The Morgan fingerprint density at radius 1 is 1.13 bits per heavy atom. The molecule has 2 aromatic rings. The summed E-state index contributed by atoms with van der Waals surface area (Å²) in [4.78, 5) is 14.3. The molecule has 0 unspecified atom stereocenters. The summed E-state index contributed by atoms with van der Waals surface area (Å²) in [6, 6.07) is 14.6. The van der Waals surface area contributed by atoms with Crippen LogP contribution >= 0.6 is 0 Å². The number of nitrogens with zero attached hydrogens (tertiary/aromatic N) is 1. The number of carbonyl (C=O) groups excluding carboxylic acids is 1. The average Bonchev–Trinajstić information content (AvgIpc) is 2.58. The first-order chi connectivity index (χ1) is 11.1. The van der Waals surface area contributed by atoms with Crippen LogP contribution in [-0.4, -0.2) is 23.9 Å². The van der Waals surface area contributed by atoms with Gasteiger partial charge in [0, 0.05) is 18.7 Å². The van der Waals surface area contributed by atoms with Crippen molar-refractivity contribution < 1.29 is 9.18 Å². The highest BCUT2D eigenvalue weighted by Crippen LogP contribution is 2.23. The van der Waals surface area contributed by atoms with Crippen molar-refractivity contribution in [3.8, 4) is 0 Å². The zero-order chi connectivity index (χ0) is 16.2. The molecule has 4 heteroatoms. The maximum absolute atomic E-state index is 13.2. The van der Waals surface area contributed by atoms with Gasteiger partial charge in [0.15, 0.2) is 0 Å². The lowest BCUT2D eigenvalue weighted by Gasteiger charge is -2.32. The van der Waals surface area contributed by atoms with Gasteiger partial charge >= 0.3 is 0 Å². The second-order valence-corrected chi connectivity index (χ2v) is 6.16. The molecule has 1 fully saturated rings. The molecular weight excluding hydrogens is 291 g/mol. The van der Waals surface area contributed by atoms with E-state index in [1.54, 1.807) is 0 Å². The van der Waals surface area contributed by atoms with Gasteiger partial charge in [-0.2, -0.15) is 0 Å².